The first kappa shape index (κ1) is 40.7. The lowest BCUT2D eigenvalue weighted by atomic mass is 9.30. The summed E-state index contributed by atoms with van der Waals surface area (Å²) >= 11 is 0. The highest BCUT2D eigenvalue weighted by Crippen LogP contribution is 2.57. The minimum atomic E-state index is -0.323. The van der Waals surface area contributed by atoms with Crippen LogP contribution in [0.15, 0.2) is 236 Å². The third-order valence-corrected chi connectivity index (χ3v) is 16.0. The van der Waals surface area contributed by atoms with Gasteiger partial charge in [-0.25, -0.2) is 0 Å². The Labute approximate surface area is 410 Å². The number of aromatic nitrogens is 1. The fraction of sp³-hybridized carbons (Fsp3) is 0.0909. The van der Waals surface area contributed by atoms with Crippen LogP contribution >= 0.6 is 0 Å². The fourth-order valence-corrected chi connectivity index (χ4v) is 12.7. The Morgan fingerprint density at radius 2 is 1.07 bits per heavy atom. The van der Waals surface area contributed by atoms with Crippen molar-refractivity contribution in [2.45, 2.75) is 38.5 Å². The minimum Gasteiger partial charge on any atom is -0.311 e. The molecule has 332 valence electrons. The van der Waals surface area contributed by atoms with Crippen molar-refractivity contribution in [2.75, 3.05) is 9.80 Å². The minimum absolute atomic E-state index is 0.0173. The van der Waals surface area contributed by atoms with Gasteiger partial charge in [0.2, 0.25) is 6.71 Å². The third-order valence-electron chi connectivity index (χ3n) is 16.0. The van der Waals surface area contributed by atoms with Crippen molar-refractivity contribution in [2.24, 2.45) is 0 Å². The Morgan fingerprint density at radius 3 is 1.87 bits per heavy atom. The maximum absolute atomic E-state index is 2.61. The number of hydrogen-bond acceptors (Lipinski definition) is 2. The van der Waals surface area contributed by atoms with Crippen LogP contribution < -0.4 is 20.7 Å². The highest BCUT2D eigenvalue weighted by molar-refractivity contribution is 6.96. The van der Waals surface area contributed by atoms with Gasteiger partial charge in [-0.05, 0) is 110 Å². The third kappa shape index (κ3) is 5.77. The van der Waals surface area contributed by atoms with Gasteiger partial charge in [-0.15, -0.1) is 0 Å². The van der Waals surface area contributed by atoms with E-state index in [1.165, 1.54) is 105 Å². The van der Waals surface area contributed by atoms with Gasteiger partial charge in [-0.2, -0.15) is 0 Å². The molecule has 11 aromatic rings. The molecule has 70 heavy (non-hydrogen) atoms. The summed E-state index contributed by atoms with van der Waals surface area (Å²) in [5.74, 6) is 0. The van der Waals surface area contributed by atoms with Gasteiger partial charge in [0, 0.05) is 67.0 Å². The summed E-state index contributed by atoms with van der Waals surface area (Å²) in [4.78, 5) is 5.15. The Bertz CT molecular complexity index is 3960. The molecule has 0 amide bonds. The highest BCUT2D eigenvalue weighted by atomic mass is 15.2. The second kappa shape index (κ2) is 15.1. The average Bonchev–Trinajstić information content (AvgIpc) is 3.87. The zero-order chi connectivity index (χ0) is 46.9. The van der Waals surface area contributed by atoms with E-state index >= 15 is 0 Å². The number of hydrogen-bond donors (Lipinski definition) is 0. The summed E-state index contributed by atoms with van der Waals surface area (Å²) in [5.41, 5.74) is 22.1. The largest absolute Gasteiger partial charge is 0.311 e. The Kier molecular flexibility index (Phi) is 8.77. The van der Waals surface area contributed by atoms with Crippen LogP contribution in [0, 0.1) is 0 Å². The van der Waals surface area contributed by atoms with Gasteiger partial charge in [0.25, 0.3) is 0 Å². The molecule has 4 heteroatoms. The summed E-state index contributed by atoms with van der Waals surface area (Å²) in [6.07, 6.45) is 0. The van der Waals surface area contributed by atoms with Crippen molar-refractivity contribution in [3.05, 3.63) is 258 Å². The smallest absolute Gasteiger partial charge is 0.248 e. The molecule has 0 N–H and O–H groups in total. The predicted octanol–water partition coefficient (Wildman–Crippen LogP) is 15.7. The van der Waals surface area contributed by atoms with E-state index in [1.54, 1.807) is 0 Å². The van der Waals surface area contributed by atoms with Gasteiger partial charge < -0.3 is 14.4 Å². The molecular formula is C66H50BN3. The fourth-order valence-electron chi connectivity index (χ4n) is 12.7. The number of fused-ring (bicyclic) bond motifs is 10. The molecule has 0 unspecified atom stereocenters. The molecule has 3 aliphatic rings. The van der Waals surface area contributed by atoms with Gasteiger partial charge in [-0.1, -0.05) is 203 Å². The molecule has 3 heterocycles. The molecule has 10 aromatic carbocycles. The van der Waals surface area contributed by atoms with Gasteiger partial charge in [-0.3, -0.25) is 0 Å². The molecule has 3 nitrogen and oxygen atoms in total. The second-order valence-corrected chi connectivity index (χ2v) is 20.5. The molecule has 1 aromatic heterocycles. The van der Waals surface area contributed by atoms with Gasteiger partial charge in [0.05, 0.1) is 11.0 Å². The van der Waals surface area contributed by atoms with Crippen molar-refractivity contribution >= 4 is 84.4 Å². The van der Waals surface area contributed by atoms with Crippen LogP contribution in [0.1, 0.15) is 49.9 Å². The Hall–Kier alpha value is -8.34. The van der Waals surface area contributed by atoms with E-state index in [1.807, 2.05) is 0 Å². The van der Waals surface area contributed by atoms with E-state index in [2.05, 4.69) is 273 Å². The first-order chi connectivity index (χ1) is 34.3. The van der Waals surface area contributed by atoms with E-state index in [-0.39, 0.29) is 17.5 Å². The highest BCUT2D eigenvalue weighted by Gasteiger charge is 2.53. The first-order valence-electron chi connectivity index (χ1n) is 24.7. The number of allylic oxidation sites excluding steroid dienone is 1. The standard InChI is InChI=1S/C66H50BN3/c1-65(2,46-24-10-6-11-25-46)47-35-38-53-52-30-16-17-31-56(52)69(59(53)41-47)50-36-39-55-60(42-50)68(48-26-12-7-13-27-48)57-32-19-33-58-62(57)67(55)64-63(54-37-34-44-22-14-15-29-51(44)61(54)66(64,3)4)70(58)49-28-18-23-45(40-49)43-20-8-5-9-21-43/h5-42H,1-4H3. The van der Waals surface area contributed by atoms with Crippen LogP contribution in [0.3, 0.4) is 0 Å². The van der Waals surface area contributed by atoms with Gasteiger partial charge >= 0.3 is 0 Å². The van der Waals surface area contributed by atoms with E-state index in [4.69, 9.17) is 0 Å². The Morgan fingerprint density at radius 1 is 0.429 bits per heavy atom. The summed E-state index contributed by atoms with van der Waals surface area (Å²) < 4.78 is 2.51. The van der Waals surface area contributed by atoms with Crippen LogP contribution in [0.5, 0.6) is 0 Å². The summed E-state index contributed by atoms with van der Waals surface area (Å²) in [7, 11) is 0. The maximum Gasteiger partial charge on any atom is 0.248 e. The summed E-state index contributed by atoms with van der Waals surface area (Å²) in [6, 6.07) is 86.0. The number of anilines is 5. The van der Waals surface area contributed by atoms with Crippen LogP contribution in [0.2, 0.25) is 0 Å². The number of para-hydroxylation sites is 2. The molecular weight excluding hydrogens is 846 g/mol. The maximum atomic E-state index is 2.61. The van der Waals surface area contributed by atoms with Crippen LogP contribution in [0.25, 0.3) is 55.1 Å². The lowest BCUT2D eigenvalue weighted by Gasteiger charge is -2.46. The van der Waals surface area contributed by atoms with E-state index < -0.39 is 0 Å². The molecule has 0 spiro atoms. The number of rotatable bonds is 6. The molecule has 0 fully saturated rings. The molecule has 0 atom stereocenters. The zero-order valence-corrected chi connectivity index (χ0v) is 39.9. The monoisotopic (exact) mass is 895 g/mol. The van der Waals surface area contributed by atoms with Crippen LogP contribution in [-0.4, -0.2) is 11.3 Å². The Balaban J connectivity index is 1.05. The van der Waals surface area contributed by atoms with Gasteiger partial charge in [0.15, 0.2) is 0 Å². The van der Waals surface area contributed by atoms with Gasteiger partial charge in [0.1, 0.15) is 0 Å². The molecule has 0 saturated carbocycles. The molecule has 0 bridgehead atoms. The van der Waals surface area contributed by atoms with Crippen molar-refractivity contribution in [3.8, 4) is 16.8 Å². The first-order valence-corrected chi connectivity index (χ1v) is 24.7. The van der Waals surface area contributed by atoms with E-state index in [0.717, 1.165) is 17.1 Å². The van der Waals surface area contributed by atoms with Crippen molar-refractivity contribution in [1.82, 2.24) is 4.57 Å². The number of nitrogens with zero attached hydrogens (tertiary/aromatic N) is 3. The molecule has 0 radical (unpaired) electrons. The van der Waals surface area contributed by atoms with Crippen molar-refractivity contribution < 1.29 is 0 Å². The van der Waals surface area contributed by atoms with Crippen LogP contribution in [0.4, 0.5) is 28.4 Å². The normalized spacial score (nSPS) is 14.5. The molecule has 1 aliphatic carbocycles. The molecule has 14 rings (SSSR count). The average molecular weight is 896 g/mol. The summed E-state index contributed by atoms with van der Waals surface area (Å²) in [5, 5.41) is 5.10. The lowest BCUT2D eigenvalue weighted by Crippen LogP contribution is -2.57. The van der Waals surface area contributed by atoms with E-state index in [0.29, 0.717) is 0 Å². The lowest BCUT2D eigenvalue weighted by molar-refractivity contribution is 0.641. The number of benzene rings is 10. The van der Waals surface area contributed by atoms with Crippen LogP contribution in [-0.2, 0) is 10.8 Å². The molecule has 0 saturated heterocycles. The topological polar surface area (TPSA) is 11.4 Å². The van der Waals surface area contributed by atoms with Crippen molar-refractivity contribution in [1.29, 1.82) is 0 Å². The zero-order valence-electron chi connectivity index (χ0n) is 39.9. The second-order valence-electron chi connectivity index (χ2n) is 20.5. The molecule has 2 aliphatic heterocycles. The predicted molar refractivity (Wildman–Crippen MR) is 297 cm³/mol. The summed E-state index contributed by atoms with van der Waals surface area (Å²) in [6.45, 7) is 9.64. The van der Waals surface area contributed by atoms with E-state index in [9.17, 15) is 0 Å². The quantitative estimate of drug-likeness (QED) is 0.154. The SMILES string of the molecule is CC1(C)C2=C(c3ccc4ccccc4c31)N(c1cccc(-c3ccccc3)c1)c1cccc3c1B2c1ccc(-n2c4ccccc4c4ccc(C(C)(C)c5ccccc5)cc42)cc1N3c1ccccc1. The van der Waals surface area contributed by atoms with Crippen molar-refractivity contribution in [3.63, 3.8) is 0 Å².